The van der Waals surface area contributed by atoms with Crippen LogP contribution in [0.15, 0.2) is 42.5 Å². The van der Waals surface area contributed by atoms with Gasteiger partial charge in [-0.25, -0.2) is 21.9 Å². The van der Waals surface area contributed by atoms with Crippen molar-refractivity contribution in [2.75, 3.05) is 12.8 Å². The predicted molar refractivity (Wildman–Crippen MR) is 112 cm³/mol. The number of nitrogens with one attached hydrogen (secondary N) is 1. The van der Waals surface area contributed by atoms with Crippen LogP contribution < -0.4 is 4.72 Å². The molecule has 8 heteroatoms. The number of halogens is 2. The third-order valence-corrected chi connectivity index (χ3v) is 6.03. The minimum Gasteiger partial charge on any atom is -0.337 e. The number of rotatable bonds is 6. The van der Waals surface area contributed by atoms with Crippen LogP contribution in [0.4, 0.5) is 8.78 Å². The van der Waals surface area contributed by atoms with Crippen LogP contribution in [-0.4, -0.2) is 44.1 Å². The highest BCUT2D eigenvalue weighted by Crippen LogP contribution is 2.28. The first-order chi connectivity index (χ1) is 14.0. The fraction of sp³-hybridized carbons (Fsp3) is 0.409. The van der Waals surface area contributed by atoms with Gasteiger partial charge >= 0.3 is 0 Å². The smallest absolute Gasteiger partial charge is 0.225 e. The largest absolute Gasteiger partial charge is 0.337 e. The summed E-state index contributed by atoms with van der Waals surface area (Å²) in [6.45, 7) is 4.08. The molecule has 1 aliphatic rings. The topological polar surface area (TPSA) is 66.5 Å². The Labute approximate surface area is 176 Å². The highest BCUT2D eigenvalue weighted by molar-refractivity contribution is 7.88. The van der Waals surface area contributed by atoms with E-state index in [2.05, 4.69) is 4.72 Å². The summed E-state index contributed by atoms with van der Waals surface area (Å²) < 4.78 is 54.1. The molecule has 3 rings (SSSR count). The molecule has 5 nitrogen and oxygen atoms in total. The molecule has 0 radical (unpaired) electrons. The number of sulfonamides is 1. The molecule has 0 spiro atoms. The Bertz CT molecular complexity index is 1040. The number of hydrogen-bond acceptors (Lipinski definition) is 3. The van der Waals surface area contributed by atoms with Gasteiger partial charge in [0.25, 0.3) is 0 Å². The second-order valence-corrected chi connectivity index (χ2v) is 9.85. The molecular weight excluding hydrogens is 410 g/mol. The van der Waals surface area contributed by atoms with Gasteiger partial charge in [-0.3, -0.25) is 4.79 Å². The number of benzene rings is 2. The quantitative estimate of drug-likeness (QED) is 0.755. The van der Waals surface area contributed by atoms with Gasteiger partial charge in [-0.2, -0.15) is 0 Å². The maximum atomic E-state index is 14.2. The molecule has 30 heavy (non-hydrogen) atoms. The Hall–Kier alpha value is -2.32. The fourth-order valence-electron chi connectivity index (χ4n) is 3.95. The number of carbonyl (C=O) groups excluding carboxylic acids is 1. The average molecular weight is 437 g/mol. The second kappa shape index (κ2) is 8.81. The minimum atomic E-state index is -3.44. The normalized spacial score (nSPS) is 19.5. The molecule has 1 N–H and O–H groups in total. The molecule has 1 fully saturated rings. The van der Waals surface area contributed by atoms with Gasteiger partial charge in [-0.05, 0) is 42.2 Å². The van der Waals surface area contributed by atoms with Crippen molar-refractivity contribution in [2.45, 2.75) is 38.8 Å². The molecular formula is C22H26F2N2O3S. The Balaban J connectivity index is 1.92. The summed E-state index contributed by atoms with van der Waals surface area (Å²) in [5.41, 5.74) is 1.49. The maximum Gasteiger partial charge on any atom is 0.225 e. The van der Waals surface area contributed by atoms with Crippen LogP contribution in [0.2, 0.25) is 0 Å². The molecule has 1 aliphatic heterocycles. The Morgan fingerprint density at radius 2 is 1.93 bits per heavy atom. The van der Waals surface area contributed by atoms with Crippen molar-refractivity contribution in [2.24, 2.45) is 5.92 Å². The zero-order chi connectivity index (χ0) is 22.1. The molecule has 0 bridgehead atoms. The Morgan fingerprint density at radius 1 is 1.20 bits per heavy atom. The van der Waals surface area contributed by atoms with E-state index >= 15 is 0 Å². The van der Waals surface area contributed by atoms with E-state index in [1.54, 1.807) is 23.1 Å². The molecule has 1 saturated heterocycles. The number of amides is 1. The van der Waals surface area contributed by atoms with Gasteiger partial charge in [0.15, 0.2) is 0 Å². The van der Waals surface area contributed by atoms with Gasteiger partial charge in [-0.1, -0.05) is 38.1 Å². The molecule has 1 heterocycles. The van der Waals surface area contributed by atoms with E-state index in [-0.39, 0.29) is 23.4 Å². The van der Waals surface area contributed by atoms with Crippen LogP contribution in [0.1, 0.15) is 25.8 Å². The lowest BCUT2D eigenvalue weighted by Crippen LogP contribution is -2.48. The lowest BCUT2D eigenvalue weighted by atomic mass is 9.96. The van der Waals surface area contributed by atoms with E-state index < -0.39 is 27.7 Å². The van der Waals surface area contributed by atoms with Crippen LogP contribution in [0, 0.1) is 17.6 Å². The number of hydrogen-bond donors (Lipinski definition) is 1. The number of likely N-dealkylation sites (tertiary alicyclic amines) is 1. The summed E-state index contributed by atoms with van der Waals surface area (Å²) in [4.78, 5) is 14.4. The summed E-state index contributed by atoms with van der Waals surface area (Å²) in [7, 11) is -3.44. The maximum absolute atomic E-state index is 14.2. The van der Waals surface area contributed by atoms with Gasteiger partial charge in [-0.15, -0.1) is 0 Å². The average Bonchev–Trinajstić information content (AvgIpc) is 3.03. The molecule has 2 aromatic rings. The third kappa shape index (κ3) is 5.23. The van der Waals surface area contributed by atoms with Crippen molar-refractivity contribution in [1.82, 2.24) is 9.62 Å². The van der Waals surface area contributed by atoms with Gasteiger partial charge in [0.2, 0.25) is 15.9 Å². The highest BCUT2D eigenvalue weighted by Gasteiger charge is 2.38. The van der Waals surface area contributed by atoms with Crippen molar-refractivity contribution < 1.29 is 22.0 Å². The van der Waals surface area contributed by atoms with E-state index in [1.807, 2.05) is 19.9 Å². The second-order valence-electron chi connectivity index (χ2n) is 8.07. The lowest BCUT2D eigenvalue weighted by molar-refractivity contribution is -0.135. The first-order valence-corrected chi connectivity index (χ1v) is 11.8. The monoisotopic (exact) mass is 436 g/mol. The van der Waals surface area contributed by atoms with E-state index in [9.17, 15) is 22.0 Å². The number of nitrogens with zero attached hydrogens (tertiary/aromatic N) is 1. The number of carbonyl (C=O) groups is 1. The van der Waals surface area contributed by atoms with E-state index in [4.69, 9.17) is 0 Å². The van der Waals surface area contributed by atoms with Gasteiger partial charge in [0, 0.05) is 24.1 Å². The van der Waals surface area contributed by atoms with Gasteiger partial charge < -0.3 is 4.90 Å². The molecule has 2 unspecified atom stereocenters. The standard InChI is InChI=1S/C22H26F2N2O3S/c1-14(2)22(27)26-10-9-20(25-30(3,28)29)21(26)12-15-5-4-6-16(11-15)18-13-17(23)7-8-19(18)24/h4-8,11,13-14,20-21,25H,9-10,12H2,1-3H3. The summed E-state index contributed by atoms with van der Waals surface area (Å²) >= 11 is 0. The molecule has 1 amide bonds. The summed E-state index contributed by atoms with van der Waals surface area (Å²) in [5.74, 6) is -1.30. The first kappa shape index (κ1) is 22.4. The molecule has 0 aromatic heterocycles. The molecule has 162 valence electrons. The lowest BCUT2D eigenvalue weighted by Gasteiger charge is -2.30. The van der Waals surface area contributed by atoms with E-state index in [0.29, 0.717) is 24.9 Å². The van der Waals surface area contributed by atoms with Crippen LogP contribution >= 0.6 is 0 Å². The van der Waals surface area contributed by atoms with Crippen LogP contribution in [0.5, 0.6) is 0 Å². The van der Waals surface area contributed by atoms with Gasteiger partial charge in [0.1, 0.15) is 11.6 Å². The van der Waals surface area contributed by atoms with Crippen LogP contribution in [-0.2, 0) is 21.2 Å². The predicted octanol–water partition coefficient (Wildman–Crippen LogP) is 3.35. The van der Waals surface area contributed by atoms with Crippen molar-refractivity contribution in [3.63, 3.8) is 0 Å². The van der Waals surface area contributed by atoms with E-state index in [1.165, 1.54) is 0 Å². The van der Waals surface area contributed by atoms with Crippen molar-refractivity contribution in [1.29, 1.82) is 0 Å². The third-order valence-electron chi connectivity index (χ3n) is 5.30. The van der Waals surface area contributed by atoms with Crippen molar-refractivity contribution in [3.8, 4) is 11.1 Å². The van der Waals surface area contributed by atoms with Crippen molar-refractivity contribution >= 4 is 15.9 Å². The molecule has 2 atom stereocenters. The van der Waals surface area contributed by atoms with E-state index in [0.717, 1.165) is 30.0 Å². The van der Waals surface area contributed by atoms with Crippen LogP contribution in [0.3, 0.4) is 0 Å². The summed E-state index contributed by atoms with van der Waals surface area (Å²) in [5, 5.41) is 0. The zero-order valence-corrected chi connectivity index (χ0v) is 18.0. The summed E-state index contributed by atoms with van der Waals surface area (Å²) in [6, 6.07) is 9.57. The highest BCUT2D eigenvalue weighted by atomic mass is 32.2. The summed E-state index contributed by atoms with van der Waals surface area (Å²) in [6.07, 6.45) is 2.02. The zero-order valence-electron chi connectivity index (χ0n) is 17.2. The Morgan fingerprint density at radius 3 is 2.60 bits per heavy atom. The van der Waals surface area contributed by atoms with Crippen molar-refractivity contribution in [3.05, 3.63) is 59.7 Å². The molecule has 0 aliphatic carbocycles. The molecule has 0 saturated carbocycles. The van der Waals surface area contributed by atoms with Crippen LogP contribution in [0.25, 0.3) is 11.1 Å². The Kier molecular flexibility index (Phi) is 6.57. The SMILES string of the molecule is CC(C)C(=O)N1CCC(NS(C)(=O)=O)C1Cc1cccc(-c2cc(F)ccc2F)c1. The van der Waals surface area contributed by atoms with Gasteiger partial charge in [0.05, 0.1) is 12.3 Å². The first-order valence-electron chi connectivity index (χ1n) is 9.87. The fourth-order valence-corrected chi connectivity index (χ4v) is 4.77. The molecule has 2 aromatic carbocycles. The minimum absolute atomic E-state index is 0.0369.